The summed E-state index contributed by atoms with van der Waals surface area (Å²) in [6.45, 7) is 0. The van der Waals surface area contributed by atoms with Crippen LogP contribution in [0.5, 0.6) is 0 Å². The Morgan fingerprint density at radius 2 is 1.93 bits per heavy atom. The van der Waals surface area contributed by atoms with Crippen LogP contribution in [0, 0.1) is 17.7 Å². The van der Waals surface area contributed by atoms with E-state index >= 15 is 0 Å². The molecule has 0 saturated heterocycles. The Morgan fingerprint density at radius 3 is 2.47 bits per heavy atom. The fraction of sp³-hybridized carbons (Fsp3) is 0.100. The number of benzene rings is 1. The smallest absolute Gasteiger partial charge is 0.289 e. The predicted molar refractivity (Wildman–Crippen MR) is 44.3 cm³/mol. The fourth-order valence-electron chi connectivity index (χ4n) is 0.933. The monoisotopic (exact) mass is 216 g/mol. The molecule has 1 rings (SSSR count). The number of aldehydes is 1. The number of alkyl halides is 3. The highest BCUT2D eigenvalue weighted by Crippen LogP contribution is 2.31. The second-order valence-corrected chi connectivity index (χ2v) is 2.58. The van der Waals surface area contributed by atoms with Crippen molar-refractivity contribution < 1.29 is 22.4 Å². The van der Waals surface area contributed by atoms with Gasteiger partial charge in [-0.3, -0.25) is 4.79 Å². The number of halogens is 4. The minimum Gasteiger partial charge on any atom is -0.289 e. The van der Waals surface area contributed by atoms with Crippen LogP contribution < -0.4 is 0 Å². The molecule has 0 amide bonds. The van der Waals surface area contributed by atoms with Gasteiger partial charge in [0.05, 0.1) is 5.56 Å². The van der Waals surface area contributed by atoms with E-state index in [0.29, 0.717) is 12.1 Å². The SMILES string of the molecule is O=CC#Cc1ccc(F)c(C(F)(F)F)c1. The summed E-state index contributed by atoms with van der Waals surface area (Å²) in [6, 6.07) is 2.30. The molecule has 0 atom stereocenters. The maximum Gasteiger partial charge on any atom is 0.419 e. The first-order valence-electron chi connectivity index (χ1n) is 3.77. The normalized spacial score (nSPS) is 10.4. The molecule has 0 aliphatic rings. The van der Waals surface area contributed by atoms with E-state index in [9.17, 15) is 22.4 Å². The third-order valence-corrected chi connectivity index (χ3v) is 1.55. The van der Waals surface area contributed by atoms with Crippen molar-refractivity contribution in [2.24, 2.45) is 0 Å². The van der Waals surface area contributed by atoms with Crippen molar-refractivity contribution in [2.45, 2.75) is 6.18 Å². The van der Waals surface area contributed by atoms with E-state index in [0.717, 1.165) is 6.07 Å². The summed E-state index contributed by atoms with van der Waals surface area (Å²) in [5.74, 6) is 2.73. The van der Waals surface area contributed by atoms with E-state index in [1.54, 1.807) is 0 Å². The quantitative estimate of drug-likeness (QED) is 0.369. The van der Waals surface area contributed by atoms with Crippen LogP contribution in [-0.4, -0.2) is 6.29 Å². The molecule has 1 aromatic carbocycles. The van der Waals surface area contributed by atoms with E-state index in [2.05, 4.69) is 5.92 Å². The molecule has 0 saturated carbocycles. The molecule has 0 heterocycles. The number of hydrogen-bond donors (Lipinski definition) is 0. The van der Waals surface area contributed by atoms with Gasteiger partial charge in [0, 0.05) is 5.56 Å². The summed E-state index contributed by atoms with van der Waals surface area (Å²) < 4.78 is 49.3. The minimum absolute atomic E-state index is 0.0594. The lowest BCUT2D eigenvalue weighted by Gasteiger charge is -2.07. The third kappa shape index (κ3) is 2.81. The molecule has 1 nitrogen and oxygen atoms in total. The van der Waals surface area contributed by atoms with Gasteiger partial charge in [-0.15, -0.1) is 0 Å². The highest BCUT2D eigenvalue weighted by atomic mass is 19.4. The lowest BCUT2D eigenvalue weighted by Crippen LogP contribution is -2.08. The lowest BCUT2D eigenvalue weighted by molar-refractivity contribution is -0.140. The van der Waals surface area contributed by atoms with Gasteiger partial charge in [0.1, 0.15) is 5.82 Å². The largest absolute Gasteiger partial charge is 0.419 e. The van der Waals surface area contributed by atoms with E-state index in [1.165, 1.54) is 0 Å². The third-order valence-electron chi connectivity index (χ3n) is 1.55. The van der Waals surface area contributed by atoms with Gasteiger partial charge >= 0.3 is 6.18 Å². The van der Waals surface area contributed by atoms with Crippen LogP contribution in [0.25, 0.3) is 0 Å². The van der Waals surface area contributed by atoms with Gasteiger partial charge in [0.2, 0.25) is 0 Å². The molecule has 0 bridgehead atoms. The standard InChI is InChI=1S/C10H4F4O/c11-9-4-3-7(2-1-5-15)6-8(9)10(12,13)14/h3-6H. The van der Waals surface area contributed by atoms with E-state index in [1.807, 2.05) is 5.92 Å². The first-order valence-corrected chi connectivity index (χ1v) is 3.77. The van der Waals surface area contributed by atoms with Crippen molar-refractivity contribution in [2.75, 3.05) is 0 Å². The Bertz CT molecular complexity index is 437. The molecule has 78 valence electrons. The van der Waals surface area contributed by atoms with Crippen molar-refractivity contribution in [3.05, 3.63) is 35.1 Å². The Kier molecular flexibility index (Phi) is 3.10. The first kappa shape index (κ1) is 11.2. The van der Waals surface area contributed by atoms with Crippen LogP contribution in [-0.2, 0) is 11.0 Å². The average molecular weight is 216 g/mol. The van der Waals surface area contributed by atoms with Gasteiger partial charge < -0.3 is 0 Å². The lowest BCUT2D eigenvalue weighted by atomic mass is 10.1. The molecule has 5 heteroatoms. The van der Waals surface area contributed by atoms with Crippen molar-refractivity contribution in [1.29, 1.82) is 0 Å². The molecular weight excluding hydrogens is 212 g/mol. The molecule has 0 aliphatic heterocycles. The molecule has 15 heavy (non-hydrogen) atoms. The number of carbonyl (C=O) groups excluding carboxylic acids is 1. The Morgan fingerprint density at radius 1 is 1.27 bits per heavy atom. The van der Waals surface area contributed by atoms with Gasteiger partial charge in [-0.1, -0.05) is 5.92 Å². The van der Waals surface area contributed by atoms with E-state index < -0.39 is 17.6 Å². The van der Waals surface area contributed by atoms with Gasteiger partial charge in [-0.05, 0) is 24.1 Å². The van der Waals surface area contributed by atoms with Crippen molar-refractivity contribution >= 4 is 6.29 Å². The summed E-state index contributed by atoms with van der Waals surface area (Å²) in [7, 11) is 0. The Balaban J connectivity index is 3.23. The van der Waals surface area contributed by atoms with Crippen LogP contribution in [0.15, 0.2) is 18.2 Å². The second-order valence-electron chi connectivity index (χ2n) is 2.58. The molecule has 0 aliphatic carbocycles. The zero-order valence-electron chi connectivity index (χ0n) is 7.23. The fourth-order valence-corrected chi connectivity index (χ4v) is 0.933. The van der Waals surface area contributed by atoms with Crippen LogP contribution in [0.2, 0.25) is 0 Å². The number of hydrogen-bond acceptors (Lipinski definition) is 1. The van der Waals surface area contributed by atoms with Crippen LogP contribution in [0.3, 0.4) is 0 Å². The van der Waals surface area contributed by atoms with Gasteiger partial charge in [0.15, 0.2) is 6.29 Å². The molecular formula is C10H4F4O. The highest BCUT2D eigenvalue weighted by Gasteiger charge is 2.34. The molecule has 0 aromatic heterocycles. The Labute approximate surface area is 82.7 Å². The predicted octanol–water partition coefficient (Wildman–Crippen LogP) is 2.39. The van der Waals surface area contributed by atoms with Gasteiger partial charge in [0.25, 0.3) is 0 Å². The van der Waals surface area contributed by atoms with Crippen molar-refractivity contribution in [1.82, 2.24) is 0 Å². The summed E-state index contributed by atoms with van der Waals surface area (Å²) in [5, 5.41) is 0. The zero-order valence-corrected chi connectivity index (χ0v) is 7.23. The summed E-state index contributed by atoms with van der Waals surface area (Å²) in [4.78, 5) is 9.86. The maximum atomic E-state index is 12.8. The molecule has 0 fully saturated rings. The summed E-state index contributed by atoms with van der Waals surface area (Å²) in [6.07, 6.45) is -4.51. The average Bonchev–Trinajstić information content (AvgIpc) is 2.15. The summed E-state index contributed by atoms with van der Waals surface area (Å²) in [5.41, 5.74) is -1.45. The Hall–Kier alpha value is -1.83. The van der Waals surface area contributed by atoms with Gasteiger partial charge in [-0.2, -0.15) is 13.2 Å². The van der Waals surface area contributed by atoms with Crippen LogP contribution in [0.4, 0.5) is 17.6 Å². The number of rotatable bonds is 0. The van der Waals surface area contributed by atoms with Crippen molar-refractivity contribution in [3.63, 3.8) is 0 Å². The first-order chi connectivity index (χ1) is 6.95. The molecule has 1 aromatic rings. The highest BCUT2D eigenvalue weighted by molar-refractivity contribution is 5.74. The molecule has 0 radical (unpaired) electrons. The van der Waals surface area contributed by atoms with Crippen molar-refractivity contribution in [3.8, 4) is 11.8 Å². The van der Waals surface area contributed by atoms with Crippen LogP contribution >= 0.6 is 0 Å². The minimum atomic E-state index is -4.76. The zero-order chi connectivity index (χ0) is 11.5. The molecule has 0 spiro atoms. The molecule has 0 unspecified atom stereocenters. The molecule has 0 N–H and O–H groups in total. The van der Waals surface area contributed by atoms with E-state index in [4.69, 9.17) is 0 Å². The van der Waals surface area contributed by atoms with E-state index in [-0.39, 0.29) is 11.8 Å². The van der Waals surface area contributed by atoms with Gasteiger partial charge in [-0.25, -0.2) is 4.39 Å². The topological polar surface area (TPSA) is 17.1 Å². The maximum absolute atomic E-state index is 12.8. The van der Waals surface area contributed by atoms with Crippen LogP contribution in [0.1, 0.15) is 11.1 Å². The summed E-state index contributed by atoms with van der Waals surface area (Å²) >= 11 is 0. The number of carbonyl (C=O) groups is 1. The second kappa shape index (κ2) is 4.13.